The van der Waals surface area contributed by atoms with E-state index in [2.05, 4.69) is 32.0 Å². The van der Waals surface area contributed by atoms with Gasteiger partial charge in [0.2, 0.25) is 0 Å². The molecule has 1 heterocycles. The SMILES string of the molecule is CCc1cccc(CC)c1-c1cc(C)c(COc2ccc(Cl)c(C(F)(F)F)c2)c(C)n1. The highest BCUT2D eigenvalue weighted by Crippen LogP contribution is 2.37. The van der Waals surface area contributed by atoms with Crippen LogP contribution in [0.25, 0.3) is 11.3 Å². The third-order valence-electron chi connectivity index (χ3n) is 5.44. The zero-order chi connectivity index (χ0) is 22.8. The van der Waals surface area contributed by atoms with Crippen molar-refractivity contribution in [1.82, 2.24) is 4.98 Å². The summed E-state index contributed by atoms with van der Waals surface area (Å²) in [4.78, 5) is 4.82. The summed E-state index contributed by atoms with van der Waals surface area (Å²) in [5.74, 6) is 0.115. The Bertz CT molecular complexity index is 1050. The number of ether oxygens (including phenoxy) is 1. The maximum Gasteiger partial charge on any atom is 0.417 e. The van der Waals surface area contributed by atoms with Gasteiger partial charge in [-0.25, -0.2) is 0 Å². The number of alkyl halides is 3. The average molecular weight is 448 g/mol. The molecule has 0 aliphatic carbocycles. The van der Waals surface area contributed by atoms with Crippen molar-refractivity contribution >= 4 is 11.6 Å². The molecular formula is C25H25ClF3NO. The first kappa shape index (κ1) is 23.1. The Morgan fingerprint density at radius 3 is 2.16 bits per heavy atom. The Morgan fingerprint density at radius 1 is 0.968 bits per heavy atom. The van der Waals surface area contributed by atoms with Gasteiger partial charge in [0, 0.05) is 16.8 Å². The lowest BCUT2D eigenvalue weighted by molar-refractivity contribution is -0.137. The summed E-state index contributed by atoms with van der Waals surface area (Å²) in [7, 11) is 0. The molecule has 0 bridgehead atoms. The molecule has 0 aliphatic rings. The summed E-state index contributed by atoms with van der Waals surface area (Å²) in [6.45, 7) is 8.25. The molecule has 2 nitrogen and oxygen atoms in total. The Hall–Kier alpha value is -2.53. The van der Waals surface area contributed by atoms with Crippen LogP contribution < -0.4 is 4.74 Å². The van der Waals surface area contributed by atoms with Crippen molar-refractivity contribution in [2.24, 2.45) is 0 Å². The number of hydrogen-bond acceptors (Lipinski definition) is 2. The number of halogens is 4. The summed E-state index contributed by atoms with van der Waals surface area (Å²) >= 11 is 5.69. The quantitative estimate of drug-likeness (QED) is 0.385. The first-order valence-corrected chi connectivity index (χ1v) is 10.6. The summed E-state index contributed by atoms with van der Waals surface area (Å²) in [5.41, 5.74) is 6.31. The predicted octanol–water partition coefficient (Wildman–Crippen LogP) is 7.74. The van der Waals surface area contributed by atoms with Crippen LogP contribution in [0.5, 0.6) is 5.75 Å². The van der Waals surface area contributed by atoms with Crippen LogP contribution in [0.15, 0.2) is 42.5 Å². The van der Waals surface area contributed by atoms with Crippen LogP contribution in [0.4, 0.5) is 13.2 Å². The second kappa shape index (κ2) is 9.31. The Morgan fingerprint density at radius 2 is 1.61 bits per heavy atom. The number of hydrogen-bond donors (Lipinski definition) is 0. The standard InChI is InChI=1S/C25H25ClF3NO/c1-5-17-8-7-9-18(6-2)24(17)23-12-15(3)20(16(4)30-23)14-31-19-10-11-22(26)21(13-19)25(27,28)29/h7-13H,5-6,14H2,1-4H3. The van der Waals surface area contributed by atoms with Crippen molar-refractivity contribution in [1.29, 1.82) is 0 Å². The van der Waals surface area contributed by atoms with Gasteiger partial charge < -0.3 is 4.74 Å². The molecule has 6 heteroatoms. The van der Waals surface area contributed by atoms with Gasteiger partial charge in [0.05, 0.1) is 16.3 Å². The van der Waals surface area contributed by atoms with Crippen LogP contribution in [0.1, 0.15) is 47.4 Å². The molecule has 31 heavy (non-hydrogen) atoms. The molecule has 0 fully saturated rings. The van der Waals surface area contributed by atoms with Crippen LogP contribution >= 0.6 is 11.6 Å². The highest BCUT2D eigenvalue weighted by Gasteiger charge is 2.33. The molecule has 164 valence electrons. The Labute approximate surface area is 186 Å². The van der Waals surface area contributed by atoms with E-state index in [0.29, 0.717) is 0 Å². The minimum absolute atomic E-state index is 0.115. The second-order valence-corrected chi connectivity index (χ2v) is 7.88. The number of rotatable bonds is 6. The average Bonchev–Trinajstić information content (AvgIpc) is 2.72. The molecular weight excluding hydrogens is 423 g/mol. The predicted molar refractivity (Wildman–Crippen MR) is 119 cm³/mol. The lowest BCUT2D eigenvalue weighted by Crippen LogP contribution is -2.08. The number of nitrogens with zero attached hydrogens (tertiary/aromatic N) is 1. The first-order valence-electron chi connectivity index (χ1n) is 10.2. The molecule has 0 spiro atoms. The van der Waals surface area contributed by atoms with Crippen molar-refractivity contribution in [2.75, 3.05) is 0 Å². The Kier molecular flexibility index (Phi) is 6.95. The van der Waals surface area contributed by atoms with Crippen LogP contribution in [-0.2, 0) is 25.6 Å². The highest BCUT2D eigenvalue weighted by atomic mass is 35.5. The number of pyridine rings is 1. The van der Waals surface area contributed by atoms with Crippen molar-refractivity contribution < 1.29 is 17.9 Å². The molecule has 0 saturated carbocycles. The summed E-state index contributed by atoms with van der Waals surface area (Å²) in [6.07, 6.45) is -2.72. The summed E-state index contributed by atoms with van der Waals surface area (Å²) in [5, 5.41) is -0.348. The maximum absolute atomic E-state index is 13.1. The molecule has 0 radical (unpaired) electrons. The molecule has 0 atom stereocenters. The van der Waals surface area contributed by atoms with Crippen molar-refractivity contribution in [3.05, 3.63) is 81.0 Å². The van der Waals surface area contributed by atoms with Gasteiger partial charge in [-0.15, -0.1) is 0 Å². The zero-order valence-electron chi connectivity index (χ0n) is 18.0. The van der Waals surface area contributed by atoms with E-state index >= 15 is 0 Å². The zero-order valence-corrected chi connectivity index (χ0v) is 18.8. The van der Waals surface area contributed by atoms with Crippen LogP contribution in [-0.4, -0.2) is 4.98 Å². The van der Waals surface area contributed by atoms with E-state index in [9.17, 15) is 13.2 Å². The molecule has 2 aromatic carbocycles. The fourth-order valence-electron chi connectivity index (χ4n) is 3.74. The minimum Gasteiger partial charge on any atom is -0.489 e. The lowest BCUT2D eigenvalue weighted by atomic mass is 9.93. The van der Waals surface area contributed by atoms with E-state index in [1.165, 1.54) is 28.8 Å². The highest BCUT2D eigenvalue weighted by molar-refractivity contribution is 6.31. The third kappa shape index (κ3) is 5.04. The second-order valence-electron chi connectivity index (χ2n) is 7.47. The number of benzene rings is 2. The molecule has 0 aliphatic heterocycles. The lowest BCUT2D eigenvalue weighted by Gasteiger charge is -2.17. The number of aryl methyl sites for hydroxylation is 4. The first-order chi connectivity index (χ1) is 14.7. The van der Waals surface area contributed by atoms with E-state index in [1.807, 2.05) is 19.9 Å². The van der Waals surface area contributed by atoms with Gasteiger partial charge in [-0.2, -0.15) is 13.2 Å². The third-order valence-corrected chi connectivity index (χ3v) is 5.77. The van der Waals surface area contributed by atoms with Crippen LogP contribution in [0.3, 0.4) is 0 Å². The Balaban J connectivity index is 1.91. The maximum atomic E-state index is 13.1. The molecule has 0 N–H and O–H groups in total. The monoisotopic (exact) mass is 447 g/mol. The van der Waals surface area contributed by atoms with Crippen molar-refractivity contribution in [2.45, 2.75) is 53.3 Å². The molecule has 3 aromatic rings. The van der Waals surface area contributed by atoms with Gasteiger partial charge in [-0.05, 0) is 67.6 Å². The van der Waals surface area contributed by atoms with Gasteiger partial charge in [-0.3, -0.25) is 4.98 Å². The summed E-state index contributed by atoms with van der Waals surface area (Å²) < 4.78 is 45.0. The van der Waals surface area contributed by atoms with Gasteiger partial charge in [0.25, 0.3) is 0 Å². The van der Waals surface area contributed by atoms with Crippen LogP contribution in [0.2, 0.25) is 5.02 Å². The van der Waals surface area contributed by atoms with E-state index in [-0.39, 0.29) is 17.4 Å². The van der Waals surface area contributed by atoms with Gasteiger partial charge in [0.1, 0.15) is 12.4 Å². The molecule has 0 saturated heterocycles. The summed E-state index contributed by atoms with van der Waals surface area (Å²) in [6, 6.07) is 11.9. The van der Waals surface area contributed by atoms with Crippen molar-refractivity contribution in [3.63, 3.8) is 0 Å². The van der Waals surface area contributed by atoms with Gasteiger partial charge in [-0.1, -0.05) is 43.6 Å². The van der Waals surface area contributed by atoms with Crippen molar-refractivity contribution in [3.8, 4) is 17.0 Å². The number of aromatic nitrogens is 1. The van der Waals surface area contributed by atoms with Gasteiger partial charge in [0.15, 0.2) is 0 Å². The van der Waals surface area contributed by atoms with E-state index < -0.39 is 11.7 Å². The smallest absolute Gasteiger partial charge is 0.417 e. The van der Waals surface area contributed by atoms with E-state index in [0.717, 1.165) is 41.4 Å². The molecule has 0 unspecified atom stereocenters. The van der Waals surface area contributed by atoms with E-state index in [4.69, 9.17) is 21.3 Å². The van der Waals surface area contributed by atoms with E-state index in [1.54, 1.807) is 0 Å². The fraction of sp³-hybridized carbons (Fsp3) is 0.320. The molecule has 0 amide bonds. The minimum atomic E-state index is -4.53. The fourth-order valence-corrected chi connectivity index (χ4v) is 3.97. The van der Waals surface area contributed by atoms with Gasteiger partial charge >= 0.3 is 6.18 Å². The normalized spacial score (nSPS) is 11.6. The van der Waals surface area contributed by atoms with Crippen LogP contribution in [0, 0.1) is 13.8 Å². The topological polar surface area (TPSA) is 22.1 Å². The molecule has 1 aromatic heterocycles. The molecule has 3 rings (SSSR count). The largest absolute Gasteiger partial charge is 0.489 e.